The van der Waals surface area contributed by atoms with E-state index in [1.807, 2.05) is 42.5 Å². The summed E-state index contributed by atoms with van der Waals surface area (Å²) >= 11 is 5.99. The quantitative estimate of drug-likeness (QED) is 0.704. The van der Waals surface area contributed by atoms with Crippen molar-refractivity contribution in [3.8, 4) is 0 Å². The van der Waals surface area contributed by atoms with Crippen LogP contribution in [0.1, 0.15) is 12.5 Å². The molecule has 0 saturated heterocycles. The molecule has 0 aliphatic carbocycles. The normalized spacial score (nSPS) is 10.6. The number of hydrogen-bond donors (Lipinski definition) is 1. The molecule has 0 saturated carbocycles. The molecule has 5 nitrogen and oxygen atoms in total. The van der Waals surface area contributed by atoms with Crippen LogP contribution in [0.25, 0.3) is 10.9 Å². The largest absolute Gasteiger partial charge is 0.333 e. The zero-order valence-electron chi connectivity index (χ0n) is 15.0. The predicted octanol–water partition coefficient (Wildman–Crippen LogP) is 3.92. The Bertz CT molecular complexity index is 969. The van der Waals surface area contributed by atoms with Crippen LogP contribution in [0, 0.1) is 0 Å². The summed E-state index contributed by atoms with van der Waals surface area (Å²) in [7, 11) is 0. The highest BCUT2D eigenvalue weighted by Crippen LogP contribution is 2.20. The van der Waals surface area contributed by atoms with Gasteiger partial charge in [0.15, 0.2) is 0 Å². The first-order chi connectivity index (χ1) is 13.0. The molecule has 27 heavy (non-hydrogen) atoms. The molecule has 0 radical (unpaired) electrons. The Labute approximate surface area is 163 Å². The van der Waals surface area contributed by atoms with Crippen molar-refractivity contribution in [3.63, 3.8) is 0 Å². The van der Waals surface area contributed by atoms with Gasteiger partial charge >= 0.3 is 0 Å². The number of carbonyl (C=O) groups is 2. The first kappa shape index (κ1) is 18.9. The first-order valence-corrected chi connectivity index (χ1v) is 9.04. The smallest absolute Gasteiger partial charge is 0.244 e. The zero-order chi connectivity index (χ0) is 19.2. The van der Waals surface area contributed by atoms with E-state index in [4.69, 9.17) is 11.6 Å². The fourth-order valence-electron chi connectivity index (χ4n) is 2.87. The van der Waals surface area contributed by atoms with Gasteiger partial charge < -0.3 is 10.2 Å². The Morgan fingerprint density at radius 3 is 2.67 bits per heavy atom. The third-order valence-electron chi connectivity index (χ3n) is 4.25. The van der Waals surface area contributed by atoms with Crippen LogP contribution in [0.4, 0.5) is 5.69 Å². The van der Waals surface area contributed by atoms with Crippen molar-refractivity contribution in [2.75, 3.05) is 18.4 Å². The van der Waals surface area contributed by atoms with Gasteiger partial charge in [0.05, 0.1) is 17.7 Å². The topological polar surface area (TPSA) is 62.3 Å². The van der Waals surface area contributed by atoms with E-state index in [1.54, 1.807) is 18.3 Å². The van der Waals surface area contributed by atoms with Crippen LogP contribution in [0.3, 0.4) is 0 Å². The van der Waals surface area contributed by atoms with E-state index in [1.165, 1.54) is 11.8 Å². The summed E-state index contributed by atoms with van der Waals surface area (Å²) in [6, 6.07) is 16.9. The molecule has 1 N–H and O–H groups in total. The average molecular weight is 382 g/mol. The number of para-hydroxylation sites is 1. The van der Waals surface area contributed by atoms with Crippen molar-refractivity contribution in [2.24, 2.45) is 0 Å². The third-order valence-corrected chi connectivity index (χ3v) is 4.48. The number of fused-ring (bicyclic) bond motifs is 1. The number of aromatic nitrogens is 1. The van der Waals surface area contributed by atoms with Crippen LogP contribution in [-0.2, 0) is 16.0 Å². The fourth-order valence-corrected chi connectivity index (χ4v) is 3.09. The summed E-state index contributed by atoms with van der Waals surface area (Å²) in [6.45, 7) is 1.89. The number of halogens is 1. The van der Waals surface area contributed by atoms with Gasteiger partial charge in [0, 0.05) is 30.1 Å². The lowest BCUT2D eigenvalue weighted by molar-refractivity contribution is -0.132. The summed E-state index contributed by atoms with van der Waals surface area (Å²) in [5.41, 5.74) is 2.38. The van der Waals surface area contributed by atoms with Gasteiger partial charge in [0.25, 0.3) is 0 Å². The maximum atomic E-state index is 12.5. The van der Waals surface area contributed by atoms with Crippen LogP contribution < -0.4 is 5.32 Å². The third kappa shape index (κ3) is 5.05. The Kier molecular flexibility index (Phi) is 6.04. The highest BCUT2D eigenvalue weighted by Gasteiger charge is 2.15. The van der Waals surface area contributed by atoms with E-state index in [-0.39, 0.29) is 18.4 Å². The second-order valence-electron chi connectivity index (χ2n) is 6.25. The van der Waals surface area contributed by atoms with Crippen LogP contribution in [0.2, 0.25) is 5.02 Å². The molecule has 6 heteroatoms. The predicted molar refractivity (Wildman–Crippen MR) is 108 cm³/mol. The molecule has 0 spiro atoms. The molecule has 1 aromatic heterocycles. The van der Waals surface area contributed by atoms with Crippen molar-refractivity contribution < 1.29 is 9.59 Å². The summed E-state index contributed by atoms with van der Waals surface area (Å²) < 4.78 is 0. The van der Waals surface area contributed by atoms with Crippen molar-refractivity contribution in [1.29, 1.82) is 0 Å². The summed E-state index contributed by atoms with van der Waals surface area (Å²) in [4.78, 5) is 30.3. The maximum absolute atomic E-state index is 12.5. The minimum absolute atomic E-state index is 0.0148. The second kappa shape index (κ2) is 8.64. The molecule has 138 valence electrons. The minimum Gasteiger partial charge on any atom is -0.333 e. The van der Waals surface area contributed by atoms with Gasteiger partial charge in [-0.05, 0) is 36.2 Å². The van der Waals surface area contributed by atoms with E-state index in [0.717, 1.165) is 16.5 Å². The van der Waals surface area contributed by atoms with Crippen molar-refractivity contribution in [1.82, 2.24) is 9.88 Å². The van der Waals surface area contributed by atoms with Gasteiger partial charge in [-0.25, -0.2) is 0 Å². The Morgan fingerprint density at radius 2 is 1.89 bits per heavy atom. The standard InChI is InChI=1S/C21H20ClN3O2/c1-15(26)25(12-10-16-5-2-8-18(22)13-16)14-20(27)24-19-9-3-6-17-7-4-11-23-21(17)19/h2-9,11,13H,10,12,14H2,1H3,(H,24,27). The summed E-state index contributed by atoms with van der Waals surface area (Å²) in [5.74, 6) is -0.405. The first-order valence-electron chi connectivity index (χ1n) is 8.66. The Morgan fingerprint density at radius 1 is 1.11 bits per heavy atom. The second-order valence-corrected chi connectivity index (χ2v) is 6.69. The number of amides is 2. The molecular formula is C21H20ClN3O2. The monoisotopic (exact) mass is 381 g/mol. The van der Waals surface area contributed by atoms with Crippen molar-refractivity contribution >= 4 is 40.0 Å². The highest BCUT2D eigenvalue weighted by molar-refractivity contribution is 6.30. The molecule has 0 aliphatic rings. The number of rotatable bonds is 6. The zero-order valence-corrected chi connectivity index (χ0v) is 15.7. The van der Waals surface area contributed by atoms with E-state index in [0.29, 0.717) is 23.7 Å². The van der Waals surface area contributed by atoms with Crippen LogP contribution in [0.15, 0.2) is 60.8 Å². The molecule has 2 aromatic carbocycles. The molecule has 2 amide bonds. The molecule has 0 aliphatic heterocycles. The van der Waals surface area contributed by atoms with Crippen LogP contribution >= 0.6 is 11.6 Å². The molecule has 0 fully saturated rings. The average Bonchev–Trinajstić information content (AvgIpc) is 2.65. The Hall–Kier alpha value is -2.92. The lowest BCUT2D eigenvalue weighted by Crippen LogP contribution is -2.38. The van der Waals surface area contributed by atoms with Gasteiger partial charge in [-0.3, -0.25) is 14.6 Å². The fraction of sp³-hybridized carbons (Fsp3) is 0.190. The van der Waals surface area contributed by atoms with E-state index >= 15 is 0 Å². The Balaban J connectivity index is 1.65. The van der Waals surface area contributed by atoms with Gasteiger partial charge in [0.2, 0.25) is 11.8 Å². The van der Waals surface area contributed by atoms with Gasteiger partial charge in [0.1, 0.15) is 0 Å². The van der Waals surface area contributed by atoms with E-state index in [2.05, 4.69) is 10.3 Å². The van der Waals surface area contributed by atoms with Crippen LogP contribution in [0.5, 0.6) is 0 Å². The lowest BCUT2D eigenvalue weighted by atomic mass is 10.1. The lowest BCUT2D eigenvalue weighted by Gasteiger charge is -2.21. The van der Waals surface area contributed by atoms with Gasteiger partial charge in [-0.15, -0.1) is 0 Å². The maximum Gasteiger partial charge on any atom is 0.244 e. The summed E-state index contributed by atoms with van der Waals surface area (Å²) in [6.07, 6.45) is 2.31. The van der Waals surface area contributed by atoms with E-state index < -0.39 is 0 Å². The molecule has 0 unspecified atom stereocenters. The molecule has 0 bridgehead atoms. The SMILES string of the molecule is CC(=O)N(CCc1cccc(Cl)c1)CC(=O)Nc1cccc2cccnc12. The highest BCUT2D eigenvalue weighted by atomic mass is 35.5. The summed E-state index contributed by atoms with van der Waals surface area (Å²) in [5, 5.41) is 4.46. The number of nitrogens with one attached hydrogen (secondary N) is 1. The van der Waals surface area contributed by atoms with Crippen molar-refractivity contribution in [2.45, 2.75) is 13.3 Å². The molecule has 3 rings (SSSR count). The minimum atomic E-state index is -0.255. The van der Waals surface area contributed by atoms with Crippen LogP contribution in [-0.4, -0.2) is 34.8 Å². The molecule has 0 atom stereocenters. The number of benzene rings is 2. The molecule has 3 aromatic rings. The van der Waals surface area contributed by atoms with Crippen molar-refractivity contribution in [3.05, 3.63) is 71.4 Å². The number of carbonyl (C=O) groups excluding carboxylic acids is 2. The number of anilines is 1. The van der Waals surface area contributed by atoms with Gasteiger partial charge in [-0.2, -0.15) is 0 Å². The molecular weight excluding hydrogens is 362 g/mol. The van der Waals surface area contributed by atoms with Gasteiger partial charge in [-0.1, -0.05) is 41.9 Å². The number of hydrogen-bond acceptors (Lipinski definition) is 3. The number of pyridine rings is 1. The van der Waals surface area contributed by atoms with E-state index in [9.17, 15) is 9.59 Å². The number of nitrogens with zero attached hydrogens (tertiary/aromatic N) is 2. The molecule has 1 heterocycles.